The molecule has 16 heavy (non-hydrogen) atoms. The van der Waals surface area contributed by atoms with Crippen LogP contribution in [0.2, 0.25) is 0 Å². The fourth-order valence-electron chi connectivity index (χ4n) is 1.11. The zero-order chi connectivity index (χ0) is 11.8. The number of nitrogens with zero attached hydrogens (tertiary/aromatic N) is 4. The summed E-state index contributed by atoms with van der Waals surface area (Å²) in [4.78, 5) is 6.40. The summed E-state index contributed by atoms with van der Waals surface area (Å²) < 4.78 is 0. The van der Waals surface area contributed by atoms with Gasteiger partial charge in [0, 0.05) is 19.6 Å². The van der Waals surface area contributed by atoms with Crippen molar-refractivity contribution in [3.05, 3.63) is 6.20 Å². The summed E-state index contributed by atoms with van der Waals surface area (Å²) in [6.07, 6.45) is 2.68. The third-order valence-electron chi connectivity index (χ3n) is 1.96. The lowest BCUT2D eigenvalue weighted by molar-refractivity contribution is 0.425. The van der Waals surface area contributed by atoms with Gasteiger partial charge in [0.1, 0.15) is 0 Å². The molecule has 0 aromatic carbocycles. The maximum Gasteiger partial charge on any atom is 0.244 e. The van der Waals surface area contributed by atoms with Crippen LogP contribution in [0, 0.1) is 0 Å². The van der Waals surface area contributed by atoms with Gasteiger partial charge in [0.15, 0.2) is 5.82 Å². The second kappa shape index (κ2) is 6.95. The van der Waals surface area contributed by atoms with Crippen LogP contribution < -0.4 is 10.6 Å². The first-order valence-electron chi connectivity index (χ1n) is 5.54. The van der Waals surface area contributed by atoms with Crippen LogP contribution >= 0.6 is 0 Å². The topological polar surface area (TPSA) is 66.0 Å². The fraction of sp³-hybridized carbons (Fsp3) is 0.700. The Bertz CT molecular complexity index is 301. The molecule has 6 nitrogen and oxygen atoms in total. The molecule has 6 heteroatoms. The molecule has 0 unspecified atom stereocenters. The Labute approximate surface area is 96.5 Å². The highest BCUT2D eigenvalue weighted by atomic mass is 15.3. The summed E-state index contributed by atoms with van der Waals surface area (Å²) in [6, 6.07) is 0. The zero-order valence-corrected chi connectivity index (χ0v) is 10.2. The molecule has 0 aliphatic carbocycles. The molecular formula is C10H20N6. The smallest absolute Gasteiger partial charge is 0.244 e. The third kappa shape index (κ3) is 4.88. The van der Waals surface area contributed by atoms with Crippen molar-refractivity contribution >= 4 is 11.8 Å². The highest BCUT2D eigenvalue weighted by molar-refractivity contribution is 5.36. The zero-order valence-electron chi connectivity index (χ0n) is 10.2. The molecule has 0 bridgehead atoms. The van der Waals surface area contributed by atoms with E-state index in [2.05, 4.69) is 37.6 Å². The normalized spacial score (nSPS) is 10.5. The van der Waals surface area contributed by atoms with E-state index in [1.165, 1.54) is 0 Å². The summed E-state index contributed by atoms with van der Waals surface area (Å²) in [5.74, 6) is 1.34. The summed E-state index contributed by atoms with van der Waals surface area (Å²) >= 11 is 0. The van der Waals surface area contributed by atoms with Crippen molar-refractivity contribution in [1.29, 1.82) is 0 Å². The molecule has 1 aromatic heterocycles. The standard InChI is InChI=1S/C10H20N6/c1-4-5-12-10-14-9(8-13-15-10)11-6-7-16(2)3/h8H,4-7H2,1-3H3,(H2,11,12,14,15). The molecule has 0 atom stereocenters. The van der Waals surface area contributed by atoms with Crippen molar-refractivity contribution in [2.24, 2.45) is 0 Å². The Morgan fingerprint density at radius 1 is 1.25 bits per heavy atom. The molecule has 0 amide bonds. The van der Waals surface area contributed by atoms with Gasteiger partial charge in [-0.1, -0.05) is 6.92 Å². The maximum absolute atomic E-state index is 4.29. The van der Waals surface area contributed by atoms with Crippen LogP contribution in [0.5, 0.6) is 0 Å². The van der Waals surface area contributed by atoms with Gasteiger partial charge in [0.05, 0.1) is 6.20 Å². The predicted molar refractivity (Wildman–Crippen MR) is 65.7 cm³/mol. The van der Waals surface area contributed by atoms with Gasteiger partial charge in [-0.3, -0.25) is 0 Å². The molecule has 0 aliphatic rings. The molecule has 1 aromatic rings. The minimum absolute atomic E-state index is 0.580. The number of likely N-dealkylation sites (N-methyl/N-ethyl adjacent to an activating group) is 1. The van der Waals surface area contributed by atoms with Crippen LogP contribution in [-0.2, 0) is 0 Å². The molecule has 1 heterocycles. The van der Waals surface area contributed by atoms with Crippen molar-refractivity contribution in [2.45, 2.75) is 13.3 Å². The molecule has 0 fully saturated rings. The summed E-state index contributed by atoms with van der Waals surface area (Å²) in [6.45, 7) is 4.77. The molecular weight excluding hydrogens is 204 g/mol. The van der Waals surface area contributed by atoms with Crippen molar-refractivity contribution in [2.75, 3.05) is 44.4 Å². The van der Waals surface area contributed by atoms with Crippen molar-refractivity contribution < 1.29 is 0 Å². The lowest BCUT2D eigenvalue weighted by atomic mass is 10.5. The summed E-state index contributed by atoms with van der Waals surface area (Å²) in [5, 5.41) is 14.1. The fourth-order valence-corrected chi connectivity index (χ4v) is 1.11. The van der Waals surface area contributed by atoms with Gasteiger partial charge in [-0.2, -0.15) is 10.1 Å². The van der Waals surface area contributed by atoms with Crippen molar-refractivity contribution in [3.8, 4) is 0 Å². The maximum atomic E-state index is 4.29. The molecule has 2 N–H and O–H groups in total. The number of rotatable bonds is 7. The predicted octanol–water partition coefficient (Wildman–Crippen LogP) is 0.667. The number of nitrogens with one attached hydrogen (secondary N) is 2. The molecule has 0 saturated carbocycles. The third-order valence-corrected chi connectivity index (χ3v) is 1.96. The number of aromatic nitrogens is 3. The molecule has 1 rings (SSSR count). The Balaban J connectivity index is 2.40. The second-order valence-electron chi connectivity index (χ2n) is 3.82. The second-order valence-corrected chi connectivity index (χ2v) is 3.82. The van der Waals surface area contributed by atoms with Gasteiger partial charge < -0.3 is 15.5 Å². The molecule has 90 valence electrons. The minimum Gasteiger partial charge on any atom is -0.367 e. The minimum atomic E-state index is 0.580. The van der Waals surface area contributed by atoms with Crippen LogP contribution in [0.4, 0.5) is 11.8 Å². The lowest BCUT2D eigenvalue weighted by Crippen LogP contribution is -2.21. The first kappa shape index (κ1) is 12.6. The highest BCUT2D eigenvalue weighted by Crippen LogP contribution is 2.02. The number of hydrogen-bond acceptors (Lipinski definition) is 6. The Morgan fingerprint density at radius 3 is 2.75 bits per heavy atom. The van der Waals surface area contributed by atoms with E-state index >= 15 is 0 Å². The van der Waals surface area contributed by atoms with Gasteiger partial charge in [0.2, 0.25) is 5.95 Å². The van der Waals surface area contributed by atoms with Gasteiger partial charge in [-0.05, 0) is 20.5 Å². The summed E-state index contributed by atoms with van der Waals surface area (Å²) in [7, 11) is 4.07. The van der Waals surface area contributed by atoms with Crippen molar-refractivity contribution in [3.63, 3.8) is 0 Å². The average molecular weight is 224 g/mol. The quantitative estimate of drug-likeness (QED) is 0.709. The molecule has 0 spiro atoms. The van der Waals surface area contributed by atoms with Crippen LogP contribution in [0.25, 0.3) is 0 Å². The average Bonchev–Trinajstić information content (AvgIpc) is 2.26. The molecule has 0 aliphatic heterocycles. The van der Waals surface area contributed by atoms with E-state index in [1.807, 2.05) is 14.1 Å². The van der Waals surface area contributed by atoms with E-state index in [0.717, 1.165) is 31.9 Å². The molecule has 0 radical (unpaired) electrons. The Morgan fingerprint density at radius 2 is 2.06 bits per heavy atom. The van der Waals surface area contributed by atoms with Crippen molar-refractivity contribution in [1.82, 2.24) is 20.1 Å². The van der Waals surface area contributed by atoms with Gasteiger partial charge >= 0.3 is 0 Å². The Kier molecular flexibility index (Phi) is 5.49. The van der Waals surface area contributed by atoms with E-state index in [4.69, 9.17) is 0 Å². The van der Waals surface area contributed by atoms with E-state index in [9.17, 15) is 0 Å². The van der Waals surface area contributed by atoms with Crippen LogP contribution in [0.1, 0.15) is 13.3 Å². The first-order valence-corrected chi connectivity index (χ1v) is 5.54. The van der Waals surface area contributed by atoms with E-state index < -0.39 is 0 Å². The van der Waals surface area contributed by atoms with Gasteiger partial charge in [-0.25, -0.2) is 0 Å². The summed E-state index contributed by atoms with van der Waals surface area (Å²) in [5.41, 5.74) is 0. The Hall–Kier alpha value is -1.43. The van der Waals surface area contributed by atoms with E-state index in [1.54, 1.807) is 6.20 Å². The SMILES string of the molecule is CCCNc1nncc(NCCN(C)C)n1. The van der Waals surface area contributed by atoms with Gasteiger partial charge in [0.25, 0.3) is 0 Å². The lowest BCUT2D eigenvalue weighted by Gasteiger charge is -2.10. The number of hydrogen-bond donors (Lipinski definition) is 2. The monoisotopic (exact) mass is 224 g/mol. The van der Waals surface area contributed by atoms with E-state index in [-0.39, 0.29) is 0 Å². The highest BCUT2D eigenvalue weighted by Gasteiger charge is 1.99. The van der Waals surface area contributed by atoms with Gasteiger partial charge in [-0.15, -0.1) is 5.10 Å². The number of anilines is 2. The van der Waals surface area contributed by atoms with Crippen LogP contribution in [0.3, 0.4) is 0 Å². The largest absolute Gasteiger partial charge is 0.367 e. The molecule has 0 saturated heterocycles. The van der Waals surface area contributed by atoms with E-state index in [0.29, 0.717) is 5.95 Å². The van der Waals surface area contributed by atoms with Crippen LogP contribution in [0.15, 0.2) is 6.20 Å². The van der Waals surface area contributed by atoms with Crippen LogP contribution in [-0.4, -0.2) is 53.8 Å². The first-order chi connectivity index (χ1) is 7.72.